The van der Waals surface area contributed by atoms with E-state index in [1.165, 1.54) is 17.6 Å². The van der Waals surface area contributed by atoms with Gasteiger partial charge in [0.1, 0.15) is 0 Å². The molecule has 0 aromatic rings. The second-order valence-corrected chi connectivity index (χ2v) is 8.20. The number of hydrogen-bond donors (Lipinski definition) is 1. The number of amides is 1. The molecule has 0 aromatic carbocycles. The number of nitrogens with zero attached hydrogens (tertiary/aromatic N) is 2. The molecule has 1 aliphatic heterocycles. The zero-order valence-electron chi connectivity index (χ0n) is 13.0. The summed E-state index contributed by atoms with van der Waals surface area (Å²) in [7, 11) is -1.71. The van der Waals surface area contributed by atoms with Gasteiger partial charge < -0.3 is 5.32 Å². The molecule has 1 saturated heterocycles. The summed E-state index contributed by atoms with van der Waals surface area (Å²) < 4.78 is 28.6. The monoisotopic (exact) mass is 317 g/mol. The molecule has 1 aliphatic carbocycles. The van der Waals surface area contributed by atoms with E-state index in [1.54, 1.807) is 11.4 Å². The Kier molecular flexibility index (Phi) is 5.62. The van der Waals surface area contributed by atoms with Crippen LogP contribution in [-0.4, -0.2) is 55.2 Å². The minimum atomic E-state index is -3.42. The Hall–Kier alpha value is -0.660. The summed E-state index contributed by atoms with van der Waals surface area (Å²) in [6.07, 6.45) is 6.98. The maximum absolute atomic E-state index is 12.8. The Morgan fingerprint density at radius 3 is 2.43 bits per heavy atom. The lowest BCUT2D eigenvalue weighted by Gasteiger charge is -2.38. The third kappa shape index (κ3) is 4.17. The number of hydrogen-bond acceptors (Lipinski definition) is 3. The summed E-state index contributed by atoms with van der Waals surface area (Å²) in [5.74, 6) is -0.0973. The van der Waals surface area contributed by atoms with Crippen molar-refractivity contribution in [1.29, 1.82) is 0 Å². The normalized spacial score (nSPS) is 26.0. The summed E-state index contributed by atoms with van der Waals surface area (Å²) >= 11 is 0. The fraction of sp³-hybridized carbons (Fsp3) is 0.929. The number of carbonyl (C=O) groups excluding carboxylic acids is 1. The summed E-state index contributed by atoms with van der Waals surface area (Å²) in [5.41, 5.74) is 0. The van der Waals surface area contributed by atoms with Crippen LogP contribution >= 0.6 is 0 Å². The fourth-order valence-corrected chi connectivity index (χ4v) is 5.05. The lowest BCUT2D eigenvalue weighted by molar-refractivity contribution is -0.119. The van der Waals surface area contributed by atoms with Crippen molar-refractivity contribution in [2.24, 2.45) is 0 Å². The standard InChI is InChI=1S/C14H27N3O3S/c1-12(18)15-13-7-6-10-17(11-13)21(19,20)16(2)14-8-4-3-5-9-14/h13-14H,3-11H2,1-2H3,(H,15,18)/t13-/m1/s1. The molecule has 2 fully saturated rings. The molecule has 1 saturated carbocycles. The molecule has 2 rings (SSSR count). The van der Waals surface area contributed by atoms with E-state index in [0.29, 0.717) is 13.1 Å². The molecule has 0 aromatic heterocycles. The predicted octanol–water partition coefficient (Wildman–Crippen LogP) is 1.10. The van der Waals surface area contributed by atoms with E-state index in [-0.39, 0.29) is 18.0 Å². The molecule has 1 amide bonds. The van der Waals surface area contributed by atoms with Gasteiger partial charge in [-0.15, -0.1) is 0 Å². The van der Waals surface area contributed by atoms with Crippen molar-refractivity contribution in [1.82, 2.24) is 13.9 Å². The van der Waals surface area contributed by atoms with Crippen LogP contribution in [0.5, 0.6) is 0 Å². The first-order valence-electron chi connectivity index (χ1n) is 7.91. The van der Waals surface area contributed by atoms with Crippen LogP contribution in [0.3, 0.4) is 0 Å². The highest BCUT2D eigenvalue weighted by molar-refractivity contribution is 7.86. The van der Waals surface area contributed by atoms with Gasteiger partial charge >= 0.3 is 0 Å². The van der Waals surface area contributed by atoms with Crippen molar-refractivity contribution in [2.45, 2.75) is 64.0 Å². The van der Waals surface area contributed by atoms with Gasteiger partial charge in [0.25, 0.3) is 10.2 Å². The molecule has 0 bridgehead atoms. The molecular weight excluding hydrogens is 290 g/mol. The van der Waals surface area contributed by atoms with Crippen LogP contribution in [-0.2, 0) is 15.0 Å². The van der Waals surface area contributed by atoms with Crippen molar-refractivity contribution in [2.75, 3.05) is 20.1 Å². The minimum absolute atomic E-state index is 0.0641. The number of rotatable bonds is 4. The second kappa shape index (κ2) is 7.07. The third-order valence-corrected chi connectivity index (χ3v) is 6.58. The average Bonchev–Trinajstić information content (AvgIpc) is 2.47. The largest absolute Gasteiger partial charge is 0.352 e. The van der Waals surface area contributed by atoms with Crippen molar-refractivity contribution in [3.05, 3.63) is 0 Å². The highest BCUT2D eigenvalue weighted by Gasteiger charge is 2.35. The zero-order chi connectivity index (χ0) is 15.5. The maximum atomic E-state index is 12.8. The Labute approximate surface area is 128 Å². The van der Waals surface area contributed by atoms with E-state index >= 15 is 0 Å². The van der Waals surface area contributed by atoms with Crippen LogP contribution in [0.15, 0.2) is 0 Å². The van der Waals surface area contributed by atoms with Crippen LogP contribution in [0.4, 0.5) is 0 Å². The summed E-state index contributed by atoms with van der Waals surface area (Å²) in [6.45, 7) is 2.41. The van der Waals surface area contributed by atoms with Crippen LogP contribution in [0.25, 0.3) is 0 Å². The van der Waals surface area contributed by atoms with E-state index in [0.717, 1.165) is 38.5 Å². The van der Waals surface area contributed by atoms with Crippen molar-refractivity contribution in [3.63, 3.8) is 0 Å². The van der Waals surface area contributed by atoms with Gasteiger partial charge in [-0.05, 0) is 25.7 Å². The lowest BCUT2D eigenvalue weighted by atomic mass is 9.96. The van der Waals surface area contributed by atoms with E-state index in [9.17, 15) is 13.2 Å². The van der Waals surface area contributed by atoms with Crippen LogP contribution < -0.4 is 5.32 Å². The van der Waals surface area contributed by atoms with Gasteiger partial charge in [-0.25, -0.2) is 0 Å². The molecule has 0 unspecified atom stereocenters. The molecule has 122 valence electrons. The van der Waals surface area contributed by atoms with Gasteiger partial charge in [0.15, 0.2) is 0 Å². The second-order valence-electron chi connectivity index (χ2n) is 6.21. The van der Waals surface area contributed by atoms with Gasteiger partial charge in [0, 0.05) is 39.1 Å². The summed E-state index contributed by atoms with van der Waals surface area (Å²) in [6, 6.07) is 0.0654. The number of piperidine rings is 1. The number of nitrogens with one attached hydrogen (secondary N) is 1. The Balaban J connectivity index is 2.01. The number of carbonyl (C=O) groups is 1. The van der Waals surface area contributed by atoms with E-state index in [4.69, 9.17) is 0 Å². The molecule has 7 heteroatoms. The summed E-state index contributed by atoms with van der Waals surface area (Å²) in [5, 5.41) is 2.84. The molecule has 6 nitrogen and oxygen atoms in total. The van der Waals surface area contributed by atoms with Gasteiger partial charge in [-0.2, -0.15) is 17.0 Å². The highest BCUT2D eigenvalue weighted by atomic mass is 32.2. The van der Waals surface area contributed by atoms with E-state index in [2.05, 4.69) is 5.32 Å². The zero-order valence-corrected chi connectivity index (χ0v) is 13.9. The molecule has 2 aliphatic rings. The first kappa shape index (κ1) is 16.7. The van der Waals surface area contributed by atoms with Crippen molar-refractivity contribution < 1.29 is 13.2 Å². The fourth-order valence-electron chi connectivity index (χ4n) is 3.37. The van der Waals surface area contributed by atoms with Gasteiger partial charge in [0.2, 0.25) is 5.91 Å². The highest BCUT2D eigenvalue weighted by Crippen LogP contribution is 2.26. The van der Waals surface area contributed by atoms with Gasteiger partial charge in [-0.1, -0.05) is 19.3 Å². The average molecular weight is 317 g/mol. The Morgan fingerprint density at radius 1 is 1.14 bits per heavy atom. The molecule has 1 N–H and O–H groups in total. The molecular formula is C14H27N3O3S. The maximum Gasteiger partial charge on any atom is 0.282 e. The Bertz CT molecular complexity index is 460. The quantitative estimate of drug-likeness (QED) is 0.844. The molecule has 0 spiro atoms. The van der Waals surface area contributed by atoms with Crippen LogP contribution in [0.1, 0.15) is 51.9 Å². The lowest BCUT2D eigenvalue weighted by Crippen LogP contribution is -2.54. The predicted molar refractivity (Wildman–Crippen MR) is 82.0 cm³/mol. The topological polar surface area (TPSA) is 69.7 Å². The first-order chi connectivity index (χ1) is 9.91. The van der Waals surface area contributed by atoms with E-state index in [1.807, 2.05) is 0 Å². The SMILES string of the molecule is CC(=O)N[C@@H]1CCCN(S(=O)(=O)N(C)C2CCCCC2)C1. The summed E-state index contributed by atoms with van der Waals surface area (Å²) in [4.78, 5) is 11.2. The van der Waals surface area contributed by atoms with Crippen molar-refractivity contribution >= 4 is 16.1 Å². The van der Waals surface area contributed by atoms with Gasteiger partial charge in [0.05, 0.1) is 0 Å². The molecule has 21 heavy (non-hydrogen) atoms. The third-order valence-electron chi connectivity index (χ3n) is 4.57. The molecule has 1 heterocycles. The first-order valence-corrected chi connectivity index (χ1v) is 9.31. The van der Waals surface area contributed by atoms with Gasteiger partial charge in [-0.3, -0.25) is 4.79 Å². The van der Waals surface area contributed by atoms with Crippen LogP contribution in [0.2, 0.25) is 0 Å². The van der Waals surface area contributed by atoms with E-state index < -0.39 is 10.2 Å². The van der Waals surface area contributed by atoms with Crippen molar-refractivity contribution in [3.8, 4) is 0 Å². The van der Waals surface area contributed by atoms with Crippen LogP contribution in [0, 0.1) is 0 Å². The Morgan fingerprint density at radius 2 is 1.81 bits per heavy atom. The molecule has 0 radical (unpaired) electrons. The minimum Gasteiger partial charge on any atom is -0.352 e. The smallest absolute Gasteiger partial charge is 0.282 e. The molecule has 1 atom stereocenters.